The molecular weight excluding hydrogens is 1570 g/mol. The minimum Gasteiger partial charge on any atom is -0.394 e. The van der Waals surface area contributed by atoms with Gasteiger partial charge in [-0.15, -0.1) is 0 Å². The number of carbonyl (C=O) groups excluding carboxylic acids is 5. The Morgan fingerprint density at radius 1 is 0.226 bits per heavy atom. The molecular formula is C64H107N5O46. The number of ether oxygens (including phenoxy) is 17. The van der Waals surface area contributed by atoms with Crippen molar-refractivity contribution in [3.8, 4) is 0 Å². The van der Waals surface area contributed by atoms with Crippen LogP contribution >= 0.6 is 0 Å². The topological polar surface area (TPSA) is 788 Å². The molecule has 45 unspecified atom stereocenters. The number of amides is 5. The Bertz CT molecular complexity index is 3100. The van der Waals surface area contributed by atoms with Crippen LogP contribution in [-0.2, 0) is 104 Å². The van der Waals surface area contributed by atoms with E-state index in [1.54, 1.807) is 0 Å². The molecule has 9 rings (SSSR count). The van der Waals surface area contributed by atoms with Gasteiger partial charge in [0.1, 0.15) is 219 Å². The average Bonchev–Trinajstić information content (AvgIpc) is 0.744. The molecule has 0 aromatic rings. The highest BCUT2D eigenvalue weighted by Gasteiger charge is 2.62. The van der Waals surface area contributed by atoms with Crippen LogP contribution in [0.2, 0.25) is 0 Å². The zero-order valence-electron chi connectivity index (χ0n) is 62.1. The first kappa shape index (κ1) is 94.6. The van der Waals surface area contributed by atoms with E-state index in [1.165, 1.54) is 0 Å². The van der Waals surface area contributed by atoms with Crippen LogP contribution in [0.5, 0.6) is 0 Å². The normalized spacial score (nSPS) is 47.9. The van der Waals surface area contributed by atoms with Gasteiger partial charge in [0.15, 0.2) is 56.6 Å². The molecule has 9 aliphatic rings. The number of aliphatic hydroxyl groups is 24. The summed E-state index contributed by atoms with van der Waals surface area (Å²) in [6.45, 7) is -5.56. The van der Waals surface area contributed by atoms with Crippen molar-refractivity contribution in [2.24, 2.45) is 0 Å². The van der Waals surface area contributed by atoms with Crippen molar-refractivity contribution < 1.29 is 227 Å². The van der Waals surface area contributed by atoms with Gasteiger partial charge in [-0.1, -0.05) is 0 Å². The Balaban J connectivity index is 1.16. The minimum absolute atomic E-state index is 0.805. The molecule has 9 aliphatic heterocycles. The highest BCUT2D eigenvalue weighted by Crippen LogP contribution is 2.41. The number of hydrogen-bond donors (Lipinski definition) is 29. The quantitative estimate of drug-likeness (QED) is 0.0318. The summed E-state index contributed by atoms with van der Waals surface area (Å²) >= 11 is 0. The van der Waals surface area contributed by atoms with Crippen molar-refractivity contribution in [2.45, 2.75) is 311 Å². The first-order valence-corrected chi connectivity index (χ1v) is 36.6. The lowest BCUT2D eigenvalue weighted by molar-refractivity contribution is -0.407. The average molecular weight is 1680 g/mol. The fourth-order valence-electron chi connectivity index (χ4n) is 14.9. The number of aliphatic hydroxyl groups excluding tert-OH is 24. The predicted octanol–water partition coefficient (Wildman–Crippen LogP) is -19.9. The van der Waals surface area contributed by atoms with E-state index in [0.29, 0.717) is 0 Å². The molecule has 0 aromatic carbocycles. The Labute approximate surface area is 651 Å². The lowest BCUT2D eigenvalue weighted by Crippen LogP contribution is -2.71. The van der Waals surface area contributed by atoms with E-state index in [4.69, 9.17) is 80.5 Å². The molecule has 9 heterocycles. The molecule has 51 nitrogen and oxygen atoms in total. The molecule has 0 radical (unpaired) electrons. The summed E-state index contributed by atoms with van der Waals surface area (Å²) in [6.07, 6.45) is -85.6. The Morgan fingerprint density at radius 2 is 0.478 bits per heavy atom. The molecule has 0 saturated carbocycles. The smallest absolute Gasteiger partial charge is 0.217 e. The summed E-state index contributed by atoms with van der Waals surface area (Å²) in [5.74, 6) is -4.63. The Morgan fingerprint density at radius 3 is 0.861 bits per heavy atom. The second-order valence-electron chi connectivity index (χ2n) is 28.9. The fraction of sp³-hybridized carbons (Fsp3) is 0.922. The lowest BCUT2D eigenvalue weighted by atomic mass is 9.93. The first-order chi connectivity index (χ1) is 54.4. The maximum Gasteiger partial charge on any atom is 0.217 e. The second-order valence-corrected chi connectivity index (χ2v) is 28.9. The van der Waals surface area contributed by atoms with Crippen LogP contribution in [-0.4, -0.2) is 488 Å². The van der Waals surface area contributed by atoms with Crippen molar-refractivity contribution in [1.29, 1.82) is 0 Å². The molecule has 0 aromatic heterocycles. The molecule has 51 heteroatoms. The van der Waals surface area contributed by atoms with E-state index in [9.17, 15) is 147 Å². The van der Waals surface area contributed by atoms with E-state index >= 15 is 0 Å². The molecule has 0 bridgehead atoms. The van der Waals surface area contributed by atoms with Gasteiger partial charge in [0, 0.05) is 34.6 Å². The number of carbonyl (C=O) groups is 5. The van der Waals surface area contributed by atoms with Crippen LogP contribution in [0.4, 0.5) is 0 Å². The molecule has 5 amide bonds. The van der Waals surface area contributed by atoms with Gasteiger partial charge in [0.05, 0.1) is 59.5 Å². The maximum atomic E-state index is 13.2. The predicted molar refractivity (Wildman–Crippen MR) is 355 cm³/mol. The van der Waals surface area contributed by atoms with Crippen molar-refractivity contribution in [1.82, 2.24) is 26.6 Å². The molecule has 664 valence electrons. The van der Waals surface area contributed by atoms with E-state index < -0.39 is 365 Å². The van der Waals surface area contributed by atoms with E-state index in [2.05, 4.69) is 26.6 Å². The van der Waals surface area contributed by atoms with Crippen molar-refractivity contribution >= 4 is 29.5 Å². The van der Waals surface area contributed by atoms with Crippen LogP contribution in [0.25, 0.3) is 0 Å². The number of nitrogens with one attached hydrogen (secondary N) is 5. The molecule has 45 atom stereocenters. The van der Waals surface area contributed by atoms with Crippen LogP contribution in [0, 0.1) is 0 Å². The van der Waals surface area contributed by atoms with Gasteiger partial charge < -0.3 is 230 Å². The number of rotatable bonds is 30. The SMILES string of the molecule is CC(=O)NC1C(O)OC(CO)C(OC2OC(CO)C(OC3OC(COC4OC(CO)C(O)C(O)C4OC4OC(CO)C(OC5OC(CO)C(O)C(O)C5O)C(O)C4NC(C)=O)C(OC4OC(CO)C(O)C(O)C4NC(C)=O)C(OC4OC(CO)C(O)C(O)C4OC4OC(CO)C(O)C(O)C4NC(C)=O)C3O)C(O)C2NC(C)=O)C1O. The molecule has 0 spiro atoms. The van der Waals surface area contributed by atoms with Crippen LogP contribution in [0.15, 0.2) is 0 Å². The highest BCUT2D eigenvalue weighted by atomic mass is 16.8. The summed E-state index contributed by atoms with van der Waals surface area (Å²) in [7, 11) is 0. The molecule has 0 aliphatic carbocycles. The monoisotopic (exact) mass is 1680 g/mol. The van der Waals surface area contributed by atoms with E-state index in [1.807, 2.05) is 0 Å². The van der Waals surface area contributed by atoms with Gasteiger partial charge in [-0.3, -0.25) is 24.0 Å². The van der Waals surface area contributed by atoms with Crippen LogP contribution in [0.1, 0.15) is 34.6 Å². The van der Waals surface area contributed by atoms with Gasteiger partial charge in [-0.05, 0) is 0 Å². The highest BCUT2D eigenvalue weighted by molar-refractivity contribution is 5.75. The third-order valence-electron chi connectivity index (χ3n) is 20.8. The zero-order chi connectivity index (χ0) is 84.8. The molecule has 29 N–H and O–H groups in total. The molecule has 115 heavy (non-hydrogen) atoms. The van der Waals surface area contributed by atoms with E-state index in [-0.39, 0.29) is 0 Å². The summed E-state index contributed by atoms with van der Waals surface area (Å²) in [5.41, 5.74) is 0. The first-order valence-electron chi connectivity index (χ1n) is 36.6. The van der Waals surface area contributed by atoms with Gasteiger partial charge in [0.2, 0.25) is 29.5 Å². The van der Waals surface area contributed by atoms with Crippen molar-refractivity contribution in [3.05, 3.63) is 0 Å². The largest absolute Gasteiger partial charge is 0.394 e. The molecule has 9 fully saturated rings. The van der Waals surface area contributed by atoms with Crippen molar-refractivity contribution in [3.63, 3.8) is 0 Å². The number of hydrogen-bond acceptors (Lipinski definition) is 46. The molecule has 9 saturated heterocycles. The van der Waals surface area contributed by atoms with Crippen LogP contribution < -0.4 is 26.6 Å². The minimum atomic E-state index is -2.70. The van der Waals surface area contributed by atoms with E-state index in [0.717, 1.165) is 34.6 Å². The van der Waals surface area contributed by atoms with Gasteiger partial charge in [-0.2, -0.15) is 0 Å². The Hall–Kier alpha value is -4.29. The fourth-order valence-corrected chi connectivity index (χ4v) is 14.9. The summed E-state index contributed by atoms with van der Waals surface area (Å²) < 4.78 is 103. The standard InChI is InChI=1S/C64H107N5O46/c1-15(78)65-29-41(90)49(25(11-75)100-56(29)98)109-59-32(68-18(4)81)42(91)51(27(13-77)106-59)111-62-48(97)53(113-64-55(46(95)38(87)24(10-74)105-64)115-58-31(67-17(3)80)40(89)35(84)21(7-71)102-58)52(112-57-30(66-16(2)79)39(88)34(83)20(6-70)101-57)28(108-62)14-99-63-54(45(94)37(86)23(9-73)104-63)114-60-33(69-19(5)82)43(92)50(26(12-76)107-60)110-61-47(96)44(93)36(85)22(8-72)103-61/h20-64,70-77,83-98H,6-14H2,1-5H3,(H,65,78)(H,66,79)(H,67,80)(H,68,81)(H,69,82). The van der Waals surface area contributed by atoms with Gasteiger partial charge >= 0.3 is 0 Å². The van der Waals surface area contributed by atoms with Gasteiger partial charge in [0.25, 0.3) is 0 Å². The lowest BCUT2D eigenvalue weighted by Gasteiger charge is -2.52. The summed E-state index contributed by atoms with van der Waals surface area (Å²) in [5, 5.41) is 281. The third-order valence-corrected chi connectivity index (χ3v) is 20.8. The summed E-state index contributed by atoms with van der Waals surface area (Å²) in [6, 6.07) is -9.48. The maximum absolute atomic E-state index is 13.2. The second kappa shape index (κ2) is 41.5. The van der Waals surface area contributed by atoms with Gasteiger partial charge in [-0.25, -0.2) is 0 Å². The Kier molecular flexibility index (Phi) is 34.1. The summed E-state index contributed by atoms with van der Waals surface area (Å²) in [4.78, 5) is 64.1. The van der Waals surface area contributed by atoms with Crippen LogP contribution in [0.3, 0.4) is 0 Å². The van der Waals surface area contributed by atoms with Crippen molar-refractivity contribution in [2.75, 3.05) is 59.5 Å². The third kappa shape index (κ3) is 21.3. The zero-order valence-corrected chi connectivity index (χ0v) is 62.1.